The number of nitrogens with two attached hydrogens (primary N) is 1. The van der Waals surface area contributed by atoms with Gasteiger partial charge < -0.3 is 15.4 Å². The molecule has 0 radical (unpaired) electrons. The van der Waals surface area contributed by atoms with Gasteiger partial charge in [-0.25, -0.2) is 0 Å². The summed E-state index contributed by atoms with van der Waals surface area (Å²) in [4.78, 5) is 14.1. The van der Waals surface area contributed by atoms with Gasteiger partial charge in [-0.1, -0.05) is 12.2 Å². The Morgan fingerprint density at radius 2 is 2.31 bits per heavy atom. The average molecular weight is 244 g/mol. The van der Waals surface area contributed by atoms with Crippen LogP contribution in [0.5, 0.6) is 0 Å². The first kappa shape index (κ1) is 13.4. The lowest BCUT2D eigenvalue weighted by molar-refractivity contribution is -0.134. The number of amides is 1. The third-order valence-electron chi connectivity index (χ3n) is 2.70. The molecule has 1 aliphatic rings. The van der Waals surface area contributed by atoms with Crippen molar-refractivity contribution in [1.82, 2.24) is 4.90 Å². The molecule has 16 heavy (non-hydrogen) atoms. The maximum Gasteiger partial charge on any atom is 0.225 e. The standard InChI is InChI=1S/C11H20N2O2S/c1-8(2)13(7-10(12)16)11(14)6-9-4-3-5-15-9/h8-9H,3-7H2,1-2H3,(H2,12,16). The minimum Gasteiger partial charge on any atom is -0.392 e. The van der Waals surface area contributed by atoms with E-state index in [0.29, 0.717) is 18.0 Å². The van der Waals surface area contributed by atoms with Crippen molar-refractivity contribution in [3.8, 4) is 0 Å². The van der Waals surface area contributed by atoms with E-state index in [0.717, 1.165) is 19.4 Å². The summed E-state index contributed by atoms with van der Waals surface area (Å²) in [5.41, 5.74) is 5.48. The number of carbonyl (C=O) groups excluding carboxylic acids is 1. The molecule has 1 saturated heterocycles. The quantitative estimate of drug-likeness (QED) is 0.735. The monoisotopic (exact) mass is 244 g/mol. The van der Waals surface area contributed by atoms with Crippen molar-refractivity contribution in [2.75, 3.05) is 13.2 Å². The van der Waals surface area contributed by atoms with Gasteiger partial charge in [0.05, 0.1) is 24.1 Å². The maximum absolute atomic E-state index is 12.0. The molecule has 1 aliphatic heterocycles. The van der Waals surface area contributed by atoms with Gasteiger partial charge in [0.1, 0.15) is 0 Å². The van der Waals surface area contributed by atoms with E-state index in [-0.39, 0.29) is 18.1 Å². The van der Waals surface area contributed by atoms with Gasteiger partial charge in [-0.05, 0) is 26.7 Å². The van der Waals surface area contributed by atoms with Crippen LogP contribution in [0.1, 0.15) is 33.1 Å². The van der Waals surface area contributed by atoms with Crippen molar-refractivity contribution >= 4 is 23.1 Å². The van der Waals surface area contributed by atoms with Gasteiger partial charge >= 0.3 is 0 Å². The highest BCUT2D eigenvalue weighted by molar-refractivity contribution is 7.80. The molecule has 92 valence electrons. The van der Waals surface area contributed by atoms with Gasteiger partial charge in [0.2, 0.25) is 5.91 Å². The first-order chi connectivity index (χ1) is 7.50. The zero-order valence-corrected chi connectivity index (χ0v) is 10.8. The van der Waals surface area contributed by atoms with Crippen LogP contribution in [-0.4, -0.2) is 41.1 Å². The number of thiocarbonyl (C=S) groups is 1. The lowest BCUT2D eigenvalue weighted by atomic mass is 10.1. The predicted octanol–water partition coefficient (Wildman–Crippen LogP) is 1.08. The fourth-order valence-corrected chi connectivity index (χ4v) is 1.98. The van der Waals surface area contributed by atoms with Crippen LogP contribution in [0.4, 0.5) is 0 Å². The van der Waals surface area contributed by atoms with Crippen LogP contribution in [0.3, 0.4) is 0 Å². The van der Waals surface area contributed by atoms with E-state index < -0.39 is 0 Å². The Labute approximate surface area is 102 Å². The molecule has 4 nitrogen and oxygen atoms in total. The highest BCUT2D eigenvalue weighted by atomic mass is 32.1. The van der Waals surface area contributed by atoms with Gasteiger partial charge in [0.25, 0.3) is 0 Å². The van der Waals surface area contributed by atoms with Gasteiger partial charge in [0.15, 0.2) is 0 Å². The Kier molecular flexibility index (Phi) is 5.15. The van der Waals surface area contributed by atoms with Crippen LogP contribution in [-0.2, 0) is 9.53 Å². The van der Waals surface area contributed by atoms with E-state index >= 15 is 0 Å². The lowest BCUT2D eigenvalue weighted by Crippen LogP contribution is -2.43. The largest absolute Gasteiger partial charge is 0.392 e. The molecule has 0 saturated carbocycles. The van der Waals surface area contributed by atoms with Gasteiger partial charge in [-0.15, -0.1) is 0 Å². The summed E-state index contributed by atoms with van der Waals surface area (Å²) >= 11 is 4.85. The molecule has 0 aromatic rings. The summed E-state index contributed by atoms with van der Waals surface area (Å²) in [7, 11) is 0. The molecule has 0 bridgehead atoms. The summed E-state index contributed by atoms with van der Waals surface area (Å²) in [6, 6.07) is 0.121. The second-order valence-electron chi connectivity index (χ2n) is 4.42. The maximum atomic E-state index is 12.0. The van der Waals surface area contributed by atoms with E-state index in [1.807, 2.05) is 13.8 Å². The highest BCUT2D eigenvalue weighted by Gasteiger charge is 2.24. The number of hydrogen-bond acceptors (Lipinski definition) is 3. The topological polar surface area (TPSA) is 55.6 Å². The normalized spacial score (nSPS) is 20.1. The van der Waals surface area contributed by atoms with Crippen molar-refractivity contribution < 1.29 is 9.53 Å². The van der Waals surface area contributed by atoms with Gasteiger partial charge in [-0.3, -0.25) is 4.79 Å². The molecule has 0 aromatic heterocycles. The molecule has 1 heterocycles. The van der Waals surface area contributed by atoms with E-state index in [1.54, 1.807) is 4.90 Å². The zero-order chi connectivity index (χ0) is 12.1. The second-order valence-corrected chi connectivity index (χ2v) is 4.95. The van der Waals surface area contributed by atoms with Crippen LogP contribution < -0.4 is 5.73 Å². The zero-order valence-electron chi connectivity index (χ0n) is 9.94. The lowest BCUT2D eigenvalue weighted by Gasteiger charge is -2.27. The summed E-state index contributed by atoms with van der Waals surface area (Å²) < 4.78 is 5.45. The number of ether oxygens (including phenoxy) is 1. The van der Waals surface area contributed by atoms with E-state index in [4.69, 9.17) is 22.7 Å². The average Bonchev–Trinajstić information content (AvgIpc) is 2.65. The predicted molar refractivity (Wildman–Crippen MR) is 67.2 cm³/mol. The number of carbonyl (C=O) groups is 1. The second kappa shape index (κ2) is 6.15. The van der Waals surface area contributed by atoms with E-state index in [1.165, 1.54) is 0 Å². The van der Waals surface area contributed by atoms with E-state index in [9.17, 15) is 4.79 Å². The highest BCUT2D eigenvalue weighted by Crippen LogP contribution is 2.17. The molecule has 0 spiro atoms. The Bertz CT molecular complexity index is 263. The molecular formula is C11H20N2O2S. The minimum absolute atomic E-state index is 0.0784. The Hall–Kier alpha value is -0.680. The Balaban J connectivity index is 2.49. The van der Waals surface area contributed by atoms with Crippen LogP contribution in [0.25, 0.3) is 0 Å². The van der Waals surface area contributed by atoms with Crippen LogP contribution >= 0.6 is 12.2 Å². The number of rotatable bonds is 5. The third kappa shape index (κ3) is 4.06. The van der Waals surface area contributed by atoms with Crippen molar-refractivity contribution in [1.29, 1.82) is 0 Å². The van der Waals surface area contributed by atoms with Crippen LogP contribution in [0.15, 0.2) is 0 Å². The van der Waals surface area contributed by atoms with Crippen LogP contribution in [0.2, 0.25) is 0 Å². The minimum atomic E-state index is 0.0784. The molecule has 1 amide bonds. The SMILES string of the molecule is CC(C)N(CC(N)=S)C(=O)CC1CCCO1. The molecular weight excluding hydrogens is 224 g/mol. The van der Waals surface area contributed by atoms with Gasteiger partial charge in [0, 0.05) is 12.6 Å². The van der Waals surface area contributed by atoms with Crippen molar-refractivity contribution in [3.63, 3.8) is 0 Å². The first-order valence-electron chi connectivity index (χ1n) is 5.70. The Morgan fingerprint density at radius 3 is 2.75 bits per heavy atom. The van der Waals surface area contributed by atoms with Gasteiger partial charge in [-0.2, -0.15) is 0 Å². The molecule has 1 fully saturated rings. The molecule has 5 heteroatoms. The molecule has 2 N–H and O–H groups in total. The molecule has 0 aliphatic carbocycles. The smallest absolute Gasteiger partial charge is 0.225 e. The molecule has 1 atom stereocenters. The molecule has 1 unspecified atom stereocenters. The molecule has 1 rings (SSSR count). The van der Waals surface area contributed by atoms with E-state index in [2.05, 4.69) is 0 Å². The summed E-state index contributed by atoms with van der Waals surface area (Å²) in [5.74, 6) is 0.0784. The number of hydrogen-bond donors (Lipinski definition) is 1. The third-order valence-corrected chi connectivity index (χ3v) is 2.83. The first-order valence-corrected chi connectivity index (χ1v) is 6.11. The Morgan fingerprint density at radius 1 is 1.62 bits per heavy atom. The fraction of sp³-hybridized carbons (Fsp3) is 0.818. The molecule has 0 aromatic carbocycles. The van der Waals surface area contributed by atoms with Crippen molar-refractivity contribution in [3.05, 3.63) is 0 Å². The van der Waals surface area contributed by atoms with Crippen molar-refractivity contribution in [2.45, 2.75) is 45.3 Å². The van der Waals surface area contributed by atoms with Crippen molar-refractivity contribution in [2.24, 2.45) is 5.73 Å². The summed E-state index contributed by atoms with van der Waals surface area (Å²) in [6.07, 6.45) is 2.56. The summed E-state index contributed by atoms with van der Waals surface area (Å²) in [5, 5.41) is 0. The number of nitrogens with zero attached hydrogens (tertiary/aromatic N) is 1. The van der Waals surface area contributed by atoms with Crippen LogP contribution in [0, 0.1) is 0 Å². The summed E-state index contributed by atoms with van der Waals surface area (Å²) in [6.45, 7) is 5.06. The fourth-order valence-electron chi connectivity index (χ4n) is 1.84.